The van der Waals surface area contributed by atoms with Crippen LogP contribution in [0.4, 0.5) is 0 Å². The van der Waals surface area contributed by atoms with Gasteiger partial charge < -0.3 is 14.3 Å². The summed E-state index contributed by atoms with van der Waals surface area (Å²) < 4.78 is 9.31. The van der Waals surface area contributed by atoms with Gasteiger partial charge in [0.2, 0.25) is 0 Å². The van der Waals surface area contributed by atoms with Gasteiger partial charge in [0, 0.05) is 6.42 Å². The second-order valence-electron chi connectivity index (χ2n) is 3.63. The van der Waals surface area contributed by atoms with Gasteiger partial charge in [-0.2, -0.15) is 0 Å². The lowest BCUT2D eigenvalue weighted by Gasteiger charge is -2.25. The van der Waals surface area contributed by atoms with Crippen molar-refractivity contribution in [3.05, 3.63) is 17.9 Å². The highest BCUT2D eigenvalue weighted by Gasteiger charge is 2.46. The average molecular weight is 254 g/mol. The van der Waals surface area contributed by atoms with Crippen molar-refractivity contribution in [3.8, 4) is 0 Å². The van der Waals surface area contributed by atoms with Crippen LogP contribution in [0.5, 0.6) is 0 Å². The lowest BCUT2D eigenvalue weighted by atomic mass is 9.80. The number of hydrogen-bond donors (Lipinski definition) is 0. The Labute approximate surface area is 106 Å². The lowest BCUT2D eigenvalue weighted by Crippen LogP contribution is -2.41. The fourth-order valence-corrected chi connectivity index (χ4v) is 1.60. The van der Waals surface area contributed by atoms with Crippen molar-refractivity contribution in [1.29, 1.82) is 0 Å². The van der Waals surface area contributed by atoms with Gasteiger partial charge in [-0.05, 0) is 31.9 Å². The van der Waals surface area contributed by atoms with E-state index in [4.69, 9.17) is 0 Å². The van der Waals surface area contributed by atoms with E-state index in [0.29, 0.717) is 6.29 Å². The normalized spacial score (nSPS) is 9.94. The van der Waals surface area contributed by atoms with Crippen LogP contribution >= 0.6 is 0 Å². The van der Waals surface area contributed by atoms with Gasteiger partial charge in [0.25, 0.3) is 0 Å². The Balaban J connectivity index is 5.37. The number of carbonyl (C=O) groups is 3. The number of allylic oxidation sites excluding steroid dienone is 1. The predicted molar refractivity (Wildman–Crippen MR) is 64.7 cm³/mol. The number of hydrogen-bond acceptors (Lipinski definition) is 5. The molecule has 0 saturated carbocycles. The van der Waals surface area contributed by atoms with E-state index in [9.17, 15) is 14.4 Å². The quantitative estimate of drug-likeness (QED) is 0.297. The monoisotopic (exact) mass is 254 g/mol. The van der Waals surface area contributed by atoms with Crippen molar-refractivity contribution in [3.63, 3.8) is 0 Å². The van der Waals surface area contributed by atoms with E-state index in [1.165, 1.54) is 14.2 Å². The zero-order chi connectivity index (χ0) is 14.0. The molecule has 0 aromatic rings. The average Bonchev–Trinajstić information content (AvgIpc) is 2.41. The first kappa shape index (κ1) is 16.1. The topological polar surface area (TPSA) is 69.7 Å². The zero-order valence-corrected chi connectivity index (χ0v) is 10.9. The Kier molecular flexibility index (Phi) is 7.40. The van der Waals surface area contributed by atoms with Crippen LogP contribution in [0.2, 0.25) is 0 Å². The summed E-state index contributed by atoms with van der Waals surface area (Å²) in [6.07, 6.45) is 4.08. The van der Waals surface area contributed by atoms with E-state index in [1.807, 2.05) is 0 Å². The molecule has 0 unspecified atom stereocenters. The van der Waals surface area contributed by atoms with Gasteiger partial charge in [-0.3, -0.25) is 9.59 Å². The van der Waals surface area contributed by atoms with Crippen LogP contribution in [0.25, 0.3) is 0 Å². The van der Waals surface area contributed by atoms with Gasteiger partial charge in [-0.25, -0.2) is 0 Å². The highest BCUT2D eigenvalue weighted by Crippen LogP contribution is 2.31. The van der Waals surface area contributed by atoms with Crippen LogP contribution in [0.3, 0.4) is 0 Å². The number of carbonyl (C=O) groups excluding carboxylic acids is 3. The van der Waals surface area contributed by atoms with E-state index >= 15 is 0 Å². The summed E-state index contributed by atoms with van der Waals surface area (Å²) in [6.45, 7) is 1.76. The Bertz CT molecular complexity index is 348. The van der Waals surface area contributed by atoms with Crippen molar-refractivity contribution in [2.24, 2.45) is 5.41 Å². The highest BCUT2D eigenvalue weighted by atomic mass is 16.5. The van der Waals surface area contributed by atoms with E-state index in [-0.39, 0.29) is 19.3 Å². The van der Waals surface area contributed by atoms with Crippen molar-refractivity contribution in [1.82, 2.24) is 0 Å². The molecule has 18 heavy (non-hydrogen) atoms. The summed E-state index contributed by atoms with van der Waals surface area (Å²) in [7, 11) is 2.39. The summed E-state index contributed by atoms with van der Waals surface area (Å²) in [6, 6.07) is 0. The Morgan fingerprint density at radius 3 is 2.17 bits per heavy atom. The molecule has 5 nitrogen and oxygen atoms in total. The SMILES string of the molecule is CC=C=CCC(CCC=O)(C(=O)OC)C(=O)OC. The maximum absolute atomic E-state index is 11.8. The molecule has 0 atom stereocenters. The zero-order valence-electron chi connectivity index (χ0n) is 10.9. The Morgan fingerprint density at radius 2 is 1.78 bits per heavy atom. The number of aldehydes is 1. The minimum absolute atomic E-state index is 0.0533. The van der Waals surface area contributed by atoms with Gasteiger partial charge in [0.05, 0.1) is 14.2 Å². The van der Waals surface area contributed by atoms with Crippen molar-refractivity contribution >= 4 is 18.2 Å². The smallest absolute Gasteiger partial charge is 0.323 e. The second-order valence-corrected chi connectivity index (χ2v) is 3.63. The third kappa shape index (κ3) is 3.86. The molecule has 0 N–H and O–H groups in total. The second kappa shape index (κ2) is 8.25. The van der Waals surface area contributed by atoms with Gasteiger partial charge in [0.15, 0.2) is 5.41 Å². The summed E-state index contributed by atoms with van der Waals surface area (Å²) in [4.78, 5) is 34.1. The molecule has 0 fully saturated rings. The molecule has 0 spiro atoms. The molecule has 100 valence electrons. The fourth-order valence-electron chi connectivity index (χ4n) is 1.60. The van der Waals surface area contributed by atoms with E-state index < -0.39 is 17.4 Å². The molecule has 0 aromatic heterocycles. The molecule has 0 aliphatic rings. The van der Waals surface area contributed by atoms with Crippen molar-refractivity contribution in [2.45, 2.75) is 26.2 Å². The van der Waals surface area contributed by atoms with E-state index in [0.717, 1.165) is 0 Å². The molecule has 0 radical (unpaired) electrons. The molecule has 0 amide bonds. The summed E-state index contributed by atoms with van der Waals surface area (Å²) >= 11 is 0. The molecular formula is C13H18O5. The molecule has 0 aliphatic heterocycles. The van der Waals surface area contributed by atoms with Crippen LogP contribution in [0, 0.1) is 5.41 Å². The third-order valence-corrected chi connectivity index (χ3v) is 2.58. The van der Waals surface area contributed by atoms with Gasteiger partial charge >= 0.3 is 11.9 Å². The first-order valence-electron chi connectivity index (χ1n) is 5.55. The molecule has 0 heterocycles. The number of esters is 2. The van der Waals surface area contributed by atoms with Gasteiger partial charge in [-0.15, -0.1) is 5.73 Å². The van der Waals surface area contributed by atoms with Gasteiger partial charge in [0.1, 0.15) is 6.29 Å². The number of ether oxygens (including phenoxy) is 2. The fraction of sp³-hybridized carbons (Fsp3) is 0.538. The maximum Gasteiger partial charge on any atom is 0.323 e. The lowest BCUT2D eigenvalue weighted by molar-refractivity contribution is -0.169. The largest absolute Gasteiger partial charge is 0.468 e. The van der Waals surface area contributed by atoms with Crippen LogP contribution in [0.1, 0.15) is 26.2 Å². The molecule has 0 bridgehead atoms. The minimum Gasteiger partial charge on any atom is -0.468 e. The summed E-state index contributed by atoms with van der Waals surface area (Å²) in [5, 5.41) is 0. The van der Waals surface area contributed by atoms with Crippen LogP contribution in [-0.2, 0) is 23.9 Å². The molecule has 0 aromatic carbocycles. The van der Waals surface area contributed by atoms with E-state index in [2.05, 4.69) is 15.2 Å². The third-order valence-electron chi connectivity index (χ3n) is 2.58. The van der Waals surface area contributed by atoms with Crippen molar-refractivity contribution in [2.75, 3.05) is 14.2 Å². The van der Waals surface area contributed by atoms with Crippen LogP contribution in [-0.4, -0.2) is 32.4 Å². The highest BCUT2D eigenvalue weighted by molar-refractivity contribution is 6.00. The van der Waals surface area contributed by atoms with Crippen molar-refractivity contribution < 1.29 is 23.9 Å². The molecular weight excluding hydrogens is 236 g/mol. The first-order valence-corrected chi connectivity index (χ1v) is 5.55. The summed E-state index contributed by atoms with van der Waals surface area (Å²) in [5.74, 6) is -1.41. The predicted octanol–water partition coefficient (Wildman–Crippen LogP) is 1.42. The minimum atomic E-state index is -1.47. The first-order chi connectivity index (χ1) is 8.58. The van der Waals surface area contributed by atoms with Crippen LogP contribution in [0.15, 0.2) is 17.9 Å². The maximum atomic E-state index is 11.8. The standard InChI is InChI=1S/C13H18O5/c1-4-5-6-8-13(9-7-10-14,11(15)17-2)12(16)18-3/h4,6,10H,7-9H2,1-3H3. The molecule has 0 saturated heterocycles. The Morgan fingerprint density at radius 1 is 1.22 bits per heavy atom. The Hall–Kier alpha value is -1.87. The van der Waals surface area contributed by atoms with Gasteiger partial charge in [-0.1, -0.05) is 0 Å². The number of rotatable bonds is 7. The molecule has 0 aliphatic carbocycles. The molecule has 0 rings (SSSR count). The number of methoxy groups -OCH3 is 2. The molecule has 5 heteroatoms. The summed E-state index contributed by atoms with van der Waals surface area (Å²) in [5.41, 5.74) is 1.31. The van der Waals surface area contributed by atoms with Crippen LogP contribution < -0.4 is 0 Å². The van der Waals surface area contributed by atoms with E-state index in [1.54, 1.807) is 19.1 Å².